The third kappa shape index (κ3) is 2.86. The summed E-state index contributed by atoms with van der Waals surface area (Å²) in [7, 11) is 2.06. The molecule has 6 heteroatoms. The van der Waals surface area contributed by atoms with Crippen LogP contribution in [0.15, 0.2) is 0 Å². The van der Waals surface area contributed by atoms with Crippen molar-refractivity contribution in [3.63, 3.8) is 0 Å². The van der Waals surface area contributed by atoms with Crippen molar-refractivity contribution in [2.24, 2.45) is 0 Å². The Morgan fingerprint density at radius 1 is 1.29 bits per heavy atom. The molecule has 0 aromatic rings. The Balaban J connectivity index is 2.15. The van der Waals surface area contributed by atoms with E-state index in [1.54, 1.807) is 4.90 Å². The first-order valence-corrected chi connectivity index (χ1v) is 7.92. The molecular weight excluding hydrogens is 270 g/mol. The molecule has 21 heavy (non-hydrogen) atoms. The van der Waals surface area contributed by atoms with E-state index in [1.165, 1.54) is 0 Å². The van der Waals surface area contributed by atoms with Crippen molar-refractivity contribution in [2.45, 2.75) is 51.1 Å². The molecule has 6 nitrogen and oxygen atoms in total. The second-order valence-electron chi connectivity index (χ2n) is 6.40. The molecule has 0 aliphatic carbocycles. The number of aliphatic carboxylic acids is 1. The number of hydrogen-bond donors (Lipinski definition) is 1. The molecule has 2 heterocycles. The van der Waals surface area contributed by atoms with Crippen LogP contribution < -0.4 is 0 Å². The standard InChI is InChI=1S/C15H27N3O3/c1-4-6-15(13(19)20)7-5-8-18(15)14(21)17-10-9-16(3)12(2)11-17/h12H,4-11H2,1-3H3,(H,19,20). The maximum atomic E-state index is 12.8. The first-order valence-electron chi connectivity index (χ1n) is 7.92. The van der Waals surface area contributed by atoms with Crippen molar-refractivity contribution in [3.8, 4) is 0 Å². The Bertz CT molecular complexity index is 415. The molecule has 2 amide bonds. The van der Waals surface area contributed by atoms with E-state index in [1.807, 2.05) is 11.8 Å². The monoisotopic (exact) mass is 297 g/mol. The molecule has 1 N–H and O–H groups in total. The van der Waals surface area contributed by atoms with Gasteiger partial charge in [0.25, 0.3) is 0 Å². The van der Waals surface area contributed by atoms with Crippen molar-refractivity contribution in [1.82, 2.24) is 14.7 Å². The maximum Gasteiger partial charge on any atom is 0.329 e. The van der Waals surface area contributed by atoms with E-state index in [0.717, 1.165) is 19.4 Å². The molecule has 0 radical (unpaired) electrons. The Morgan fingerprint density at radius 2 is 2.00 bits per heavy atom. The van der Waals surface area contributed by atoms with E-state index in [9.17, 15) is 14.7 Å². The van der Waals surface area contributed by atoms with E-state index < -0.39 is 11.5 Å². The molecule has 0 aromatic heterocycles. The number of amides is 2. The summed E-state index contributed by atoms with van der Waals surface area (Å²) in [5.41, 5.74) is -0.988. The van der Waals surface area contributed by atoms with Crippen LogP contribution in [-0.2, 0) is 4.79 Å². The molecule has 120 valence electrons. The molecule has 2 fully saturated rings. The highest BCUT2D eigenvalue weighted by Gasteiger charge is 2.50. The van der Waals surface area contributed by atoms with Crippen LogP contribution in [0.4, 0.5) is 4.79 Å². The van der Waals surface area contributed by atoms with Gasteiger partial charge in [-0.15, -0.1) is 0 Å². The SMILES string of the molecule is CCCC1(C(=O)O)CCCN1C(=O)N1CCN(C)C(C)C1. The fourth-order valence-corrected chi connectivity index (χ4v) is 3.55. The van der Waals surface area contributed by atoms with Gasteiger partial charge in [0.05, 0.1) is 0 Å². The normalized spacial score (nSPS) is 30.7. The van der Waals surface area contributed by atoms with Crippen LogP contribution in [0.2, 0.25) is 0 Å². The number of likely N-dealkylation sites (N-methyl/N-ethyl adjacent to an activating group) is 1. The number of nitrogens with zero attached hydrogens (tertiary/aromatic N) is 3. The summed E-state index contributed by atoms with van der Waals surface area (Å²) >= 11 is 0. The van der Waals surface area contributed by atoms with Gasteiger partial charge >= 0.3 is 12.0 Å². The number of rotatable bonds is 3. The summed E-state index contributed by atoms with van der Waals surface area (Å²) in [6, 6.07) is 0.221. The number of carboxylic acid groups (broad SMARTS) is 1. The lowest BCUT2D eigenvalue weighted by atomic mass is 9.91. The van der Waals surface area contributed by atoms with E-state index in [0.29, 0.717) is 38.5 Å². The number of carbonyl (C=O) groups is 2. The predicted octanol–water partition coefficient (Wildman–Crippen LogP) is 1.46. The molecule has 2 rings (SSSR count). The Labute approximate surface area is 126 Å². The summed E-state index contributed by atoms with van der Waals surface area (Å²) < 4.78 is 0. The Hall–Kier alpha value is -1.30. The molecule has 0 spiro atoms. The van der Waals surface area contributed by atoms with Gasteiger partial charge in [-0.2, -0.15) is 0 Å². The van der Waals surface area contributed by atoms with Crippen LogP contribution in [-0.4, -0.2) is 76.6 Å². The molecule has 2 unspecified atom stereocenters. The first kappa shape index (κ1) is 16.1. The molecule has 0 aromatic carbocycles. The number of likely N-dealkylation sites (tertiary alicyclic amines) is 1. The fraction of sp³-hybridized carbons (Fsp3) is 0.867. The molecule has 2 atom stereocenters. The zero-order valence-corrected chi connectivity index (χ0v) is 13.3. The minimum atomic E-state index is -0.988. The molecule has 0 bridgehead atoms. The van der Waals surface area contributed by atoms with Crippen molar-refractivity contribution < 1.29 is 14.7 Å². The van der Waals surface area contributed by atoms with Gasteiger partial charge in [-0.1, -0.05) is 13.3 Å². The average Bonchev–Trinajstić information content (AvgIpc) is 2.86. The quantitative estimate of drug-likeness (QED) is 0.856. The lowest BCUT2D eigenvalue weighted by Crippen LogP contribution is -2.60. The number of hydrogen-bond acceptors (Lipinski definition) is 3. The highest BCUT2D eigenvalue weighted by molar-refractivity contribution is 5.87. The van der Waals surface area contributed by atoms with Crippen molar-refractivity contribution in [3.05, 3.63) is 0 Å². The van der Waals surface area contributed by atoms with Gasteiger partial charge in [0.15, 0.2) is 0 Å². The second-order valence-corrected chi connectivity index (χ2v) is 6.40. The minimum absolute atomic E-state index is 0.0942. The van der Waals surface area contributed by atoms with Crippen LogP contribution in [0.5, 0.6) is 0 Å². The van der Waals surface area contributed by atoms with Gasteiger partial charge in [0.2, 0.25) is 0 Å². The summed E-state index contributed by atoms with van der Waals surface area (Å²) in [6.07, 6.45) is 2.67. The number of carboxylic acids is 1. The topological polar surface area (TPSA) is 64.1 Å². The molecule has 0 saturated carbocycles. The van der Waals surface area contributed by atoms with Gasteiger partial charge in [-0.05, 0) is 33.2 Å². The van der Waals surface area contributed by atoms with Crippen molar-refractivity contribution >= 4 is 12.0 Å². The average molecular weight is 297 g/mol. The number of urea groups is 1. The third-order valence-electron chi connectivity index (χ3n) is 5.01. The number of piperazine rings is 1. The number of carbonyl (C=O) groups excluding carboxylic acids is 1. The fourth-order valence-electron chi connectivity index (χ4n) is 3.55. The zero-order chi connectivity index (χ0) is 15.6. The smallest absolute Gasteiger partial charge is 0.329 e. The van der Waals surface area contributed by atoms with Crippen LogP contribution in [0.25, 0.3) is 0 Å². The summed E-state index contributed by atoms with van der Waals surface area (Å²) in [6.45, 7) is 6.83. The van der Waals surface area contributed by atoms with E-state index in [2.05, 4.69) is 18.9 Å². The largest absolute Gasteiger partial charge is 0.479 e. The van der Waals surface area contributed by atoms with E-state index >= 15 is 0 Å². The molecule has 2 saturated heterocycles. The highest BCUT2D eigenvalue weighted by Crippen LogP contribution is 2.35. The summed E-state index contributed by atoms with van der Waals surface area (Å²) in [5.74, 6) is -0.850. The Kier molecular flexibility index (Phi) is 4.76. The minimum Gasteiger partial charge on any atom is -0.479 e. The van der Waals surface area contributed by atoms with Gasteiger partial charge in [-0.25, -0.2) is 9.59 Å². The first-order chi connectivity index (χ1) is 9.92. The van der Waals surface area contributed by atoms with Crippen LogP contribution in [0, 0.1) is 0 Å². The van der Waals surface area contributed by atoms with Gasteiger partial charge < -0.3 is 19.8 Å². The maximum absolute atomic E-state index is 12.8. The summed E-state index contributed by atoms with van der Waals surface area (Å²) in [5, 5.41) is 9.69. The second kappa shape index (κ2) is 6.22. The molecule has 2 aliphatic heterocycles. The van der Waals surface area contributed by atoms with Gasteiger partial charge in [0, 0.05) is 32.2 Å². The van der Waals surface area contributed by atoms with Crippen LogP contribution in [0.1, 0.15) is 39.5 Å². The lowest BCUT2D eigenvalue weighted by molar-refractivity contribution is -0.149. The highest BCUT2D eigenvalue weighted by atomic mass is 16.4. The van der Waals surface area contributed by atoms with Crippen LogP contribution >= 0.6 is 0 Å². The summed E-state index contributed by atoms with van der Waals surface area (Å²) in [4.78, 5) is 30.3. The lowest BCUT2D eigenvalue weighted by Gasteiger charge is -2.42. The van der Waals surface area contributed by atoms with Gasteiger partial charge in [0.1, 0.15) is 5.54 Å². The van der Waals surface area contributed by atoms with Gasteiger partial charge in [-0.3, -0.25) is 0 Å². The third-order valence-corrected chi connectivity index (χ3v) is 5.01. The van der Waals surface area contributed by atoms with Crippen molar-refractivity contribution in [1.29, 1.82) is 0 Å². The van der Waals surface area contributed by atoms with Crippen molar-refractivity contribution in [2.75, 3.05) is 33.2 Å². The zero-order valence-electron chi connectivity index (χ0n) is 13.3. The molecular formula is C15H27N3O3. The van der Waals surface area contributed by atoms with E-state index in [4.69, 9.17) is 0 Å². The molecule has 2 aliphatic rings. The van der Waals surface area contributed by atoms with E-state index in [-0.39, 0.29) is 6.03 Å². The van der Waals surface area contributed by atoms with Crippen LogP contribution in [0.3, 0.4) is 0 Å². The Morgan fingerprint density at radius 3 is 2.57 bits per heavy atom. The predicted molar refractivity (Wildman–Crippen MR) is 80.3 cm³/mol.